The molecule has 1 aromatic heterocycles. The van der Waals surface area contributed by atoms with Crippen molar-refractivity contribution in [3.05, 3.63) is 29.8 Å². The second-order valence-electron chi connectivity index (χ2n) is 6.26. The average molecular weight is 394 g/mol. The van der Waals surface area contributed by atoms with Crippen LogP contribution < -0.4 is 10.6 Å². The molecular formula is C17H23N5O2S2. The van der Waals surface area contributed by atoms with Gasteiger partial charge in [-0.15, -0.1) is 10.2 Å². The number of rotatable bonds is 8. The Morgan fingerprint density at radius 3 is 2.50 bits per heavy atom. The zero-order valence-corrected chi connectivity index (χ0v) is 16.9. The number of thioether (sulfide) groups is 1. The highest BCUT2D eigenvalue weighted by molar-refractivity contribution is 8.01. The third-order valence-electron chi connectivity index (χ3n) is 3.22. The fourth-order valence-electron chi connectivity index (χ4n) is 1.91. The average Bonchev–Trinajstić information content (AvgIpc) is 3.06. The molecule has 9 heteroatoms. The van der Waals surface area contributed by atoms with Gasteiger partial charge in [0.25, 0.3) is 5.91 Å². The quantitative estimate of drug-likeness (QED) is 0.671. The van der Waals surface area contributed by atoms with Gasteiger partial charge in [0.15, 0.2) is 4.34 Å². The van der Waals surface area contributed by atoms with Gasteiger partial charge in [-0.2, -0.15) is 0 Å². The monoisotopic (exact) mass is 393 g/mol. The molecule has 0 radical (unpaired) electrons. The minimum absolute atomic E-state index is 0.0726. The van der Waals surface area contributed by atoms with E-state index < -0.39 is 0 Å². The Morgan fingerprint density at radius 1 is 1.19 bits per heavy atom. The predicted octanol–water partition coefficient (Wildman–Crippen LogP) is 3.04. The molecule has 2 N–H and O–H groups in total. The van der Waals surface area contributed by atoms with Gasteiger partial charge in [0.05, 0.1) is 5.75 Å². The van der Waals surface area contributed by atoms with Crippen molar-refractivity contribution >= 4 is 45.7 Å². The van der Waals surface area contributed by atoms with E-state index in [4.69, 9.17) is 0 Å². The van der Waals surface area contributed by atoms with E-state index in [-0.39, 0.29) is 17.6 Å². The Morgan fingerprint density at radius 2 is 1.88 bits per heavy atom. The summed E-state index contributed by atoms with van der Waals surface area (Å²) >= 11 is 2.79. The van der Waals surface area contributed by atoms with E-state index in [1.165, 1.54) is 28.0 Å². The van der Waals surface area contributed by atoms with Crippen LogP contribution in [0.5, 0.6) is 0 Å². The summed E-state index contributed by atoms with van der Waals surface area (Å²) < 4.78 is 0.748. The predicted molar refractivity (Wildman–Crippen MR) is 107 cm³/mol. The van der Waals surface area contributed by atoms with Crippen molar-refractivity contribution in [3.63, 3.8) is 0 Å². The highest BCUT2D eigenvalue weighted by Gasteiger charge is 2.10. The van der Waals surface area contributed by atoms with Crippen LogP contribution in [0.4, 0.5) is 10.8 Å². The molecule has 2 rings (SSSR count). The lowest BCUT2D eigenvalue weighted by molar-refractivity contribution is -0.113. The minimum atomic E-state index is -0.131. The van der Waals surface area contributed by atoms with Crippen molar-refractivity contribution < 1.29 is 9.59 Å². The summed E-state index contributed by atoms with van der Waals surface area (Å²) in [5.41, 5.74) is 1.24. The van der Waals surface area contributed by atoms with Gasteiger partial charge < -0.3 is 15.5 Å². The molecule has 2 aromatic rings. The van der Waals surface area contributed by atoms with E-state index in [0.29, 0.717) is 17.2 Å². The number of nitrogens with one attached hydrogen (secondary N) is 2. The van der Waals surface area contributed by atoms with Crippen LogP contribution >= 0.6 is 23.1 Å². The Labute approximate surface area is 161 Å². The lowest BCUT2D eigenvalue weighted by Crippen LogP contribution is -2.21. The van der Waals surface area contributed by atoms with Crippen LogP contribution in [0.15, 0.2) is 28.6 Å². The molecule has 0 aliphatic rings. The zero-order chi connectivity index (χ0) is 19.1. The van der Waals surface area contributed by atoms with Crippen molar-refractivity contribution in [1.29, 1.82) is 0 Å². The van der Waals surface area contributed by atoms with Gasteiger partial charge in [-0.3, -0.25) is 9.59 Å². The SMILES string of the molecule is CC(C)CNc1nnc(SCC(=O)Nc2ccc(C(=O)N(C)C)cc2)s1. The van der Waals surface area contributed by atoms with Crippen molar-refractivity contribution in [3.8, 4) is 0 Å². The van der Waals surface area contributed by atoms with E-state index in [2.05, 4.69) is 34.7 Å². The van der Waals surface area contributed by atoms with Gasteiger partial charge in [0.2, 0.25) is 11.0 Å². The number of benzene rings is 1. The van der Waals surface area contributed by atoms with Gasteiger partial charge in [-0.05, 0) is 30.2 Å². The van der Waals surface area contributed by atoms with E-state index in [9.17, 15) is 9.59 Å². The Bertz CT molecular complexity index is 744. The maximum absolute atomic E-state index is 12.1. The molecule has 0 aliphatic heterocycles. The van der Waals surface area contributed by atoms with Gasteiger partial charge >= 0.3 is 0 Å². The molecule has 1 aromatic carbocycles. The highest BCUT2D eigenvalue weighted by atomic mass is 32.2. The van der Waals surface area contributed by atoms with Crippen LogP contribution in [0.3, 0.4) is 0 Å². The van der Waals surface area contributed by atoms with Gasteiger partial charge in [0.1, 0.15) is 0 Å². The summed E-state index contributed by atoms with van der Waals surface area (Å²) in [6.45, 7) is 5.08. The highest BCUT2D eigenvalue weighted by Crippen LogP contribution is 2.25. The number of aromatic nitrogens is 2. The van der Waals surface area contributed by atoms with E-state index in [0.717, 1.165) is 16.0 Å². The summed E-state index contributed by atoms with van der Waals surface area (Å²) in [4.78, 5) is 25.4. The van der Waals surface area contributed by atoms with Crippen LogP contribution in [0.1, 0.15) is 24.2 Å². The number of hydrogen-bond acceptors (Lipinski definition) is 7. The smallest absolute Gasteiger partial charge is 0.253 e. The van der Waals surface area contributed by atoms with E-state index in [1.807, 2.05) is 0 Å². The normalized spacial score (nSPS) is 10.7. The first-order chi connectivity index (χ1) is 12.3. The Balaban J connectivity index is 1.81. The third-order valence-corrected chi connectivity index (χ3v) is 5.23. The summed E-state index contributed by atoms with van der Waals surface area (Å²) in [7, 11) is 3.40. The summed E-state index contributed by atoms with van der Waals surface area (Å²) in [6, 6.07) is 6.83. The largest absolute Gasteiger partial charge is 0.360 e. The molecule has 26 heavy (non-hydrogen) atoms. The molecule has 1 heterocycles. The number of amides is 2. The lowest BCUT2D eigenvalue weighted by atomic mass is 10.2. The van der Waals surface area contributed by atoms with Crippen molar-refractivity contribution in [2.75, 3.05) is 37.0 Å². The molecule has 2 amide bonds. The number of carbonyl (C=O) groups is 2. The fraction of sp³-hybridized carbons (Fsp3) is 0.412. The van der Waals surface area contributed by atoms with Gasteiger partial charge in [-0.1, -0.05) is 36.9 Å². The molecule has 140 valence electrons. The van der Waals surface area contributed by atoms with E-state index in [1.54, 1.807) is 38.4 Å². The number of anilines is 2. The summed E-state index contributed by atoms with van der Waals surface area (Å²) in [5.74, 6) is 0.572. The van der Waals surface area contributed by atoms with E-state index >= 15 is 0 Å². The summed E-state index contributed by atoms with van der Waals surface area (Å²) in [5, 5.41) is 14.9. The number of carbonyl (C=O) groups excluding carboxylic acids is 2. The fourth-order valence-corrected chi connectivity index (χ4v) is 3.47. The topological polar surface area (TPSA) is 87.2 Å². The Kier molecular flexibility index (Phi) is 7.40. The lowest BCUT2D eigenvalue weighted by Gasteiger charge is -2.10. The molecule has 0 spiro atoms. The standard InChI is InChI=1S/C17H23N5O2S2/c1-11(2)9-18-16-20-21-17(26-16)25-10-14(23)19-13-7-5-12(6-8-13)15(24)22(3)4/h5-8,11H,9-10H2,1-4H3,(H,18,20)(H,19,23). The first-order valence-corrected chi connectivity index (χ1v) is 9.97. The number of nitrogens with zero attached hydrogens (tertiary/aromatic N) is 3. The molecule has 7 nitrogen and oxygen atoms in total. The summed E-state index contributed by atoms with van der Waals surface area (Å²) in [6.07, 6.45) is 0. The Hall–Kier alpha value is -2.13. The maximum atomic E-state index is 12.1. The molecule has 0 saturated carbocycles. The molecular weight excluding hydrogens is 370 g/mol. The van der Waals surface area contributed by atoms with Gasteiger partial charge in [-0.25, -0.2) is 0 Å². The van der Waals surface area contributed by atoms with Crippen LogP contribution in [0, 0.1) is 5.92 Å². The first kappa shape index (κ1) is 20.2. The molecule has 0 unspecified atom stereocenters. The van der Waals surface area contributed by atoms with Gasteiger partial charge in [0, 0.05) is 31.9 Å². The molecule has 0 aliphatic carbocycles. The number of hydrogen-bond donors (Lipinski definition) is 2. The van der Waals surface area contributed by atoms with Crippen molar-refractivity contribution in [2.24, 2.45) is 5.92 Å². The third kappa shape index (κ3) is 6.30. The van der Waals surface area contributed by atoms with Crippen molar-refractivity contribution in [1.82, 2.24) is 15.1 Å². The van der Waals surface area contributed by atoms with Crippen molar-refractivity contribution in [2.45, 2.75) is 18.2 Å². The molecule has 0 saturated heterocycles. The van der Waals surface area contributed by atoms with Crippen LogP contribution in [-0.2, 0) is 4.79 Å². The maximum Gasteiger partial charge on any atom is 0.253 e. The van der Waals surface area contributed by atoms with Crippen LogP contribution in [-0.4, -0.2) is 53.3 Å². The minimum Gasteiger partial charge on any atom is -0.360 e. The van der Waals surface area contributed by atoms with Crippen LogP contribution in [0.25, 0.3) is 0 Å². The van der Waals surface area contributed by atoms with Crippen LogP contribution in [0.2, 0.25) is 0 Å². The zero-order valence-electron chi connectivity index (χ0n) is 15.3. The second-order valence-corrected chi connectivity index (χ2v) is 8.46. The molecule has 0 atom stereocenters. The molecule has 0 bridgehead atoms. The second kappa shape index (κ2) is 9.54. The molecule has 0 fully saturated rings. The first-order valence-electron chi connectivity index (χ1n) is 8.17.